The number of rotatable bonds is 6. The number of nitro groups is 2. The van der Waals surface area contributed by atoms with Crippen molar-refractivity contribution in [3.63, 3.8) is 0 Å². The van der Waals surface area contributed by atoms with Crippen LogP contribution in [0.1, 0.15) is 22.5 Å². The molecule has 0 spiro atoms. The lowest BCUT2D eigenvalue weighted by atomic mass is 10.1. The van der Waals surface area contributed by atoms with E-state index in [0.29, 0.717) is 17.1 Å². The number of carbonyl (C=O) groups is 2. The molecule has 2 unspecified atom stereocenters. The highest BCUT2D eigenvalue weighted by Gasteiger charge is 2.36. The van der Waals surface area contributed by atoms with Crippen LogP contribution in [-0.4, -0.2) is 32.5 Å². The Balaban J connectivity index is 1.40. The monoisotopic (exact) mass is 522 g/mol. The highest BCUT2D eigenvalue weighted by molar-refractivity contribution is 8.14. The molecule has 182 valence electrons. The lowest BCUT2D eigenvalue weighted by Crippen LogP contribution is -2.28. The molecule has 0 saturated carbocycles. The van der Waals surface area contributed by atoms with Gasteiger partial charge in [0.05, 0.1) is 21.6 Å². The highest BCUT2D eigenvalue weighted by Crippen LogP contribution is 2.44. The van der Waals surface area contributed by atoms with E-state index in [4.69, 9.17) is 0 Å². The lowest BCUT2D eigenvalue weighted by molar-refractivity contribution is -0.385. The molecule has 2 saturated heterocycles. The smallest absolute Gasteiger partial charge is 0.286 e. The molecule has 2 aliphatic heterocycles. The quantitative estimate of drug-likeness (QED) is 0.298. The van der Waals surface area contributed by atoms with Crippen LogP contribution in [0.5, 0.6) is 0 Å². The molecular weight excluding hydrogens is 504 g/mol. The average molecular weight is 523 g/mol. The molecule has 3 aromatic rings. The molecule has 2 heterocycles. The Morgan fingerprint density at radius 3 is 1.75 bits per heavy atom. The number of hydrogen-bond acceptors (Lipinski definition) is 8. The first-order valence-corrected chi connectivity index (χ1v) is 12.9. The molecule has 0 radical (unpaired) electrons. The predicted molar refractivity (Wildman–Crippen MR) is 138 cm³/mol. The van der Waals surface area contributed by atoms with Crippen molar-refractivity contribution in [2.24, 2.45) is 0 Å². The van der Waals surface area contributed by atoms with Gasteiger partial charge in [0.15, 0.2) is 0 Å². The molecule has 0 aromatic heterocycles. The number of non-ortho nitro benzene ring substituents is 2. The van der Waals surface area contributed by atoms with E-state index in [-0.39, 0.29) is 39.7 Å². The van der Waals surface area contributed by atoms with Gasteiger partial charge in [-0.15, -0.1) is 11.8 Å². The number of nitro benzene ring substituents is 2. The maximum atomic E-state index is 12.7. The summed E-state index contributed by atoms with van der Waals surface area (Å²) in [5, 5.41) is 21.5. The Morgan fingerprint density at radius 2 is 1.22 bits per heavy atom. The van der Waals surface area contributed by atoms with Gasteiger partial charge in [-0.1, -0.05) is 23.9 Å². The molecule has 36 heavy (non-hydrogen) atoms. The zero-order valence-electron chi connectivity index (χ0n) is 18.6. The maximum Gasteiger partial charge on any atom is 0.286 e. The fourth-order valence-electron chi connectivity index (χ4n) is 4.25. The van der Waals surface area contributed by atoms with Crippen molar-refractivity contribution in [1.82, 2.24) is 0 Å². The van der Waals surface area contributed by atoms with Gasteiger partial charge < -0.3 is 0 Å². The van der Waals surface area contributed by atoms with Crippen LogP contribution in [0.2, 0.25) is 0 Å². The summed E-state index contributed by atoms with van der Waals surface area (Å²) in [6, 6.07) is 19.2. The molecular formula is C24H18N4O6S2. The number of benzene rings is 3. The van der Waals surface area contributed by atoms with E-state index in [1.807, 2.05) is 0 Å². The van der Waals surface area contributed by atoms with Crippen molar-refractivity contribution in [2.45, 2.75) is 11.4 Å². The van der Waals surface area contributed by atoms with E-state index in [1.54, 1.807) is 58.3 Å². The summed E-state index contributed by atoms with van der Waals surface area (Å²) >= 11 is 2.62. The topological polar surface area (TPSA) is 127 Å². The first-order chi connectivity index (χ1) is 17.3. The van der Waals surface area contributed by atoms with Crippen LogP contribution in [0.15, 0.2) is 72.8 Å². The minimum atomic E-state index is -0.463. The van der Waals surface area contributed by atoms with Gasteiger partial charge in [-0.2, -0.15) is 0 Å². The van der Waals surface area contributed by atoms with Crippen molar-refractivity contribution in [1.29, 1.82) is 0 Å². The zero-order valence-corrected chi connectivity index (χ0v) is 20.2. The van der Waals surface area contributed by atoms with E-state index in [0.717, 1.165) is 11.1 Å². The predicted octanol–water partition coefficient (Wildman–Crippen LogP) is 5.70. The number of carbonyl (C=O) groups excluding carboxylic acids is 2. The third kappa shape index (κ3) is 4.40. The van der Waals surface area contributed by atoms with Crippen LogP contribution in [0, 0.1) is 20.2 Å². The fraction of sp³-hybridized carbons (Fsp3) is 0.167. The number of anilines is 2. The van der Waals surface area contributed by atoms with Crippen LogP contribution in [-0.2, 0) is 4.79 Å². The number of nitrogens with zero attached hydrogens (tertiary/aromatic N) is 4. The summed E-state index contributed by atoms with van der Waals surface area (Å²) < 4.78 is 0. The number of hydrogen-bond donors (Lipinski definition) is 0. The summed E-state index contributed by atoms with van der Waals surface area (Å²) in [7, 11) is 0. The van der Waals surface area contributed by atoms with Crippen molar-refractivity contribution >= 4 is 57.4 Å². The van der Waals surface area contributed by atoms with E-state index in [1.165, 1.54) is 47.8 Å². The van der Waals surface area contributed by atoms with Crippen LogP contribution >= 0.6 is 23.5 Å². The van der Waals surface area contributed by atoms with E-state index in [2.05, 4.69) is 0 Å². The van der Waals surface area contributed by atoms with Crippen molar-refractivity contribution in [3.8, 4) is 0 Å². The summed E-state index contributed by atoms with van der Waals surface area (Å²) in [5.41, 5.74) is 2.87. The van der Waals surface area contributed by atoms with Gasteiger partial charge in [-0.25, -0.2) is 0 Å². The second-order valence-corrected chi connectivity index (χ2v) is 10.1. The minimum Gasteiger partial charge on any atom is -0.295 e. The van der Waals surface area contributed by atoms with Crippen LogP contribution in [0.3, 0.4) is 0 Å². The summed E-state index contributed by atoms with van der Waals surface area (Å²) in [6.45, 7) is 0. The molecule has 0 bridgehead atoms. The fourth-order valence-corrected chi connectivity index (χ4v) is 6.45. The average Bonchev–Trinajstić information content (AvgIpc) is 3.46. The Hall–Kier alpha value is -3.90. The Labute approximate surface area is 213 Å². The molecule has 0 N–H and O–H groups in total. The normalized spacial score (nSPS) is 19.7. The SMILES string of the molecule is O=C1SCC(c2ccc([N+](=O)[O-])cc2)N1c1ccc(N2C(=O)CSC2c2ccc([N+](=O)[O-])cc2)cc1. The van der Waals surface area contributed by atoms with Gasteiger partial charge in [-0.05, 0) is 47.5 Å². The van der Waals surface area contributed by atoms with Gasteiger partial charge in [-0.3, -0.25) is 39.6 Å². The molecule has 2 aliphatic rings. The largest absolute Gasteiger partial charge is 0.295 e. The van der Waals surface area contributed by atoms with Gasteiger partial charge in [0, 0.05) is 41.4 Å². The molecule has 12 heteroatoms. The van der Waals surface area contributed by atoms with E-state index in [9.17, 15) is 29.8 Å². The van der Waals surface area contributed by atoms with Gasteiger partial charge in [0.1, 0.15) is 5.37 Å². The summed E-state index contributed by atoms with van der Waals surface area (Å²) in [5.74, 6) is 0.724. The molecule has 2 fully saturated rings. The lowest BCUT2D eigenvalue weighted by Gasteiger charge is -2.27. The molecule has 2 amide bonds. The van der Waals surface area contributed by atoms with Gasteiger partial charge in [0.25, 0.3) is 16.6 Å². The van der Waals surface area contributed by atoms with E-state index >= 15 is 0 Å². The van der Waals surface area contributed by atoms with E-state index < -0.39 is 9.85 Å². The van der Waals surface area contributed by atoms with Gasteiger partial charge in [0.2, 0.25) is 5.91 Å². The van der Waals surface area contributed by atoms with Crippen molar-refractivity contribution < 1.29 is 19.4 Å². The Kier molecular flexibility index (Phi) is 6.37. The van der Waals surface area contributed by atoms with Gasteiger partial charge >= 0.3 is 0 Å². The Bertz CT molecular complexity index is 1240. The maximum absolute atomic E-state index is 12.7. The molecule has 3 aromatic carbocycles. The molecule has 0 aliphatic carbocycles. The van der Waals surface area contributed by atoms with Crippen LogP contribution < -0.4 is 9.80 Å². The second-order valence-electron chi connectivity index (χ2n) is 8.10. The van der Waals surface area contributed by atoms with Crippen molar-refractivity contribution in [2.75, 3.05) is 21.3 Å². The summed E-state index contributed by atoms with van der Waals surface area (Å²) in [6.07, 6.45) is 0. The van der Waals surface area contributed by atoms with Crippen molar-refractivity contribution in [3.05, 3.63) is 104 Å². The second kappa shape index (κ2) is 9.63. The van der Waals surface area contributed by atoms with Crippen LogP contribution in [0.4, 0.5) is 27.5 Å². The highest BCUT2D eigenvalue weighted by atomic mass is 32.2. The number of thioether (sulfide) groups is 2. The minimum absolute atomic E-state index is 0.0117. The molecule has 10 nitrogen and oxygen atoms in total. The van der Waals surface area contributed by atoms with Crippen LogP contribution in [0.25, 0.3) is 0 Å². The first-order valence-electron chi connectivity index (χ1n) is 10.8. The Morgan fingerprint density at radius 1 is 0.722 bits per heavy atom. The molecule has 5 rings (SSSR count). The zero-order chi connectivity index (χ0) is 25.4. The summed E-state index contributed by atoms with van der Waals surface area (Å²) in [4.78, 5) is 49.8. The molecule has 2 atom stereocenters. The number of amides is 2. The first kappa shape index (κ1) is 23.8. The third-order valence-corrected chi connectivity index (χ3v) is 8.16. The standard InChI is InChI=1S/C24H18N4O6S2/c29-22-14-35-23(16-3-7-20(8-4-16)28(33)34)26(22)18-11-9-17(10-12-18)25-21(13-36-24(25)30)15-1-5-19(6-2-15)27(31)32/h1-12,21,23H,13-14H2. The third-order valence-electron chi connectivity index (χ3n) is 6.02.